The Kier molecular flexibility index (Phi) is 9.43. The van der Waals surface area contributed by atoms with Gasteiger partial charge in [-0.2, -0.15) is 0 Å². The molecule has 2 N–H and O–H groups in total. The molecule has 212 valence electrons. The van der Waals surface area contributed by atoms with Gasteiger partial charge < -0.3 is 29.6 Å². The van der Waals surface area contributed by atoms with E-state index in [4.69, 9.17) is 18.9 Å². The minimum Gasteiger partial charge on any atom is -0.493 e. The van der Waals surface area contributed by atoms with Gasteiger partial charge in [-0.3, -0.25) is 9.59 Å². The van der Waals surface area contributed by atoms with Gasteiger partial charge in [-0.1, -0.05) is 24.3 Å². The number of para-hydroxylation sites is 4. The molecule has 0 spiro atoms. The van der Waals surface area contributed by atoms with E-state index in [0.29, 0.717) is 34.4 Å². The Balaban J connectivity index is 1.31. The molecule has 4 aromatic carbocycles. The van der Waals surface area contributed by atoms with E-state index in [1.165, 1.54) is 62.8 Å². The van der Waals surface area contributed by atoms with Crippen LogP contribution in [0.3, 0.4) is 0 Å². The lowest BCUT2D eigenvalue weighted by atomic mass is 10.3. The minimum atomic E-state index is -3.84. The van der Waals surface area contributed by atoms with Gasteiger partial charge in [0.15, 0.2) is 36.2 Å². The number of rotatable bonds is 12. The van der Waals surface area contributed by atoms with Gasteiger partial charge >= 0.3 is 0 Å². The van der Waals surface area contributed by atoms with E-state index in [2.05, 4.69) is 10.6 Å². The number of carbonyl (C=O) groups is 2. The number of ether oxygens (including phenoxy) is 4. The van der Waals surface area contributed by atoms with E-state index in [-0.39, 0.29) is 23.0 Å². The van der Waals surface area contributed by atoms with Gasteiger partial charge in [0.1, 0.15) is 0 Å². The average Bonchev–Trinajstić information content (AvgIpc) is 2.99. The Hall–Kier alpha value is -5.03. The maximum absolute atomic E-state index is 13.1. The molecule has 0 aliphatic carbocycles. The first kappa shape index (κ1) is 29.0. The van der Waals surface area contributed by atoms with E-state index in [1.54, 1.807) is 48.5 Å². The van der Waals surface area contributed by atoms with Gasteiger partial charge in [0.05, 0.1) is 24.0 Å². The van der Waals surface area contributed by atoms with Crippen LogP contribution in [0.15, 0.2) is 107 Å². The minimum absolute atomic E-state index is 0.0442. The van der Waals surface area contributed by atoms with Crippen LogP contribution in [0.25, 0.3) is 0 Å². The van der Waals surface area contributed by atoms with Crippen molar-refractivity contribution in [1.82, 2.24) is 0 Å². The van der Waals surface area contributed by atoms with Crippen molar-refractivity contribution in [3.05, 3.63) is 97.1 Å². The van der Waals surface area contributed by atoms with Crippen LogP contribution >= 0.6 is 0 Å². The lowest BCUT2D eigenvalue weighted by Gasteiger charge is -2.11. The fourth-order valence-electron chi connectivity index (χ4n) is 3.73. The summed E-state index contributed by atoms with van der Waals surface area (Å²) in [6.07, 6.45) is 0. The number of anilines is 2. The molecule has 2 amide bonds. The van der Waals surface area contributed by atoms with E-state index >= 15 is 0 Å². The van der Waals surface area contributed by atoms with E-state index in [1.807, 2.05) is 0 Å². The van der Waals surface area contributed by atoms with Crippen molar-refractivity contribution in [2.45, 2.75) is 9.79 Å². The lowest BCUT2D eigenvalue weighted by Crippen LogP contribution is -2.20. The zero-order valence-electron chi connectivity index (χ0n) is 22.3. The molecule has 10 nitrogen and oxygen atoms in total. The highest BCUT2D eigenvalue weighted by atomic mass is 32.2. The number of carbonyl (C=O) groups excluding carboxylic acids is 2. The molecule has 0 aliphatic rings. The second kappa shape index (κ2) is 13.4. The van der Waals surface area contributed by atoms with Crippen molar-refractivity contribution < 1.29 is 37.0 Å². The van der Waals surface area contributed by atoms with Crippen LogP contribution in [0.1, 0.15) is 0 Å². The largest absolute Gasteiger partial charge is 0.493 e. The second-order valence-corrected chi connectivity index (χ2v) is 10.5. The predicted molar refractivity (Wildman–Crippen MR) is 153 cm³/mol. The number of amides is 2. The molecule has 0 fully saturated rings. The molecule has 41 heavy (non-hydrogen) atoms. The SMILES string of the molecule is COc1ccccc1OCC(=O)Nc1ccc(S(=O)(=O)c2ccc(NC(=O)COc3ccccc3OC)cc2)cc1. The molecule has 0 aliphatic heterocycles. The molecule has 0 saturated heterocycles. The summed E-state index contributed by atoms with van der Waals surface area (Å²) < 4.78 is 47.6. The summed E-state index contributed by atoms with van der Waals surface area (Å²) in [6.45, 7) is -0.508. The Morgan fingerprint density at radius 2 is 0.902 bits per heavy atom. The molecule has 0 saturated carbocycles. The molecule has 0 unspecified atom stereocenters. The second-order valence-electron chi connectivity index (χ2n) is 8.53. The summed E-state index contributed by atoms with van der Waals surface area (Å²) in [5.74, 6) is 1.03. The highest BCUT2D eigenvalue weighted by Gasteiger charge is 2.18. The van der Waals surface area contributed by atoms with Crippen molar-refractivity contribution in [1.29, 1.82) is 0 Å². The zero-order chi connectivity index (χ0) is 29.2. The van der Waals surface area contributed by atoms with Gasteiger partial charge in [0, 0.05) is 11.4 Å². The molecule has 0 radical (unpaired) electrons. The first-order chi connectivity index (χ1) is 19.8. The topological polar surface area (TPSA) is 129 Å². The van der Waals surface area contributed by atoms with Crippen molar-refractivity contribution in [2.75, 3.05) is 38.1 Å². The number of nitrogens with one attached hydrogen (secondary N) is 2. The number of benzene rings is 4. The maximum Gasteiger partial charge on any atom is 0.262 e. The molecule has 11 heteroatoms. The van der Waals surface area contributed by atoms with Crippen LogP contribution in [0.2, 0.25) is 0 Å². The van der Waals surface area contributed by atoms with E-state index in [9.17, 15) is 18.0 Å². The van der Waals surface area contributed by atoms with Crippen molar-refractivity contribution in [2.24, 2.45) is 0 Å². The van der Waals surface area contributed by atoms with Crippen LogP contribution in [0.5, 0.6) is 23.0 Å². The van der Waals surface area contributed by atoms with E-state index in [0.717, 1.165) is 0 Å². The fraction of sp³-hybridized carbons (Fsp3) is 0.133. The Morgan fingerprint density at radius 1 is 0.561 bits per heavy atom. The third kappa shape index (κ3) is 7.55. The molecule has 4 aromatic rings. The summed E-state index contributed by atoms with van der Waals surface area (Å²) in [5, 5.41) is 5.33. The molecule has 0 aromatic heterocycles. The number of sulfone groups is 1. The van der Waals surface area contributed by atoms with Crippen LogP contribution in [0, 0.1) is 0 Å². The van der Waals surface area contributed by atoms with E-state index < -0.39 is 21.7 Å². The Bertz CT molecular complexity index is 1490. The number of methoxy groups -OCH3 is 2. The van der Waals surface area contributed by atoms with Gasteiger partial charge in [-0.15, -0.1) is 0 Å². The van der Waals surface area contributed by atoms with Crippen LogP contribution in [0.4, 0.5) is 11.4 Å². The number of hydrogen-bond acceptors (Lipinski definition) is 8. The van der Waals surface area contributed by atoms with Crippen LogP contribution < -0.4 is 29.6 Å². The van der Waals surface area contributed by atoms with Gasteiger partial charge in [0.25, 0.3) is 11.8 Å². The monoisotopic (exact) mass is 576 g/mol. The molecular formula is C30H28N2O8S. The quantitative estimate of drug-likeness (QED) is 0.251. The molecule has 0 bridgehead atoms. The van der Waals surface area contributed by atoms with Gasteiger partial charge in [-0.25, -0.2) is 8.42 Å². The molecule has 4 rings (SSSR count). The zero-order valence-corrected chi connectivity index (χ0v) is 23.1. The van der Waals surface area contributed by atoms with Crippen molar-refractivity contribution in [3.8, 4) is 23.0 Å². The fourth-order valence-corrected chi connectivity index (χ4v) is 4.99. The predicted octanol–water partition coefficient (Wildman–Crippen LogP) is 4.57. The normalized spacial score (nSPS) is 10.8. The highest BCUT2D eigenvalue weighted by Crippen LogP contribution is 2.27. The van der Waals surface area contributed by atoms with Crippen LogP contribution in [-0.4, -0.2) is 47.7 Å². The van der Waals surface area contributed by atoms with Crippen molar-refractivity contribution in [3.63, 3.8) is 0 Å². The Morgan fingerprint density at radius 3 is 1.24 bits per heavy atom. The molecular weight excluding hydrogens is 548 g/mol. The third-order valence-electron chi connectivity index (χ3n) is 5.75. The number of hydrogen-bond donors (Lipinski definition) is 2. The first-order valence-electron chi connectivity index (χ1n) is 12.4. The van der Waals surface area contributed by atoms with Gasteiger partial charge in [0.2, 0.25) is 9.84 Å². The molecule has 0 heterocycles. The lowest BCUT2D eigenvalue weighted by molar-refractivity contribution is -0.118. The van der Waals surface area contributed by atoms with Crippen molar-refractivity contribution >= 4 is 33.0 Å². The smallest absolute Gasteiger partial charge is 0.262 e. The standard InChI is InChI=1S/C30H28N2O8S/c1-37-25-7-3-5-9-27(25)39-19-29(33)31-21-11-15-23(16-12-21)41(35,36)24-17-13-22(14-18-24)32-30(34)20-40-28-10-6-4-8-26(28)38-2/h3-18H,19-20H2,1-2H3,(H,31,33)(H,32,34). The summed E-state index contributed by atoms with van der Waals surface area (Å²) in [6, 6.07) is 25.5. The summed E-state index contributed by atoms with van der Waals surface area (Å²) in [4.78, 5) is 24.7. The van der Waals surface area contributed by atoms with Gasteiger partial charge in [-0.05, 0) is 72.8 Å². The average molecular weight is 577 g/mol. The van der Waals surface area contributed by atoms with Crippen LogP contribution in [-0.2, 0) is 19.4 Å². The maximum atomic E-state index is 13.1. The third-order valence-corrected chi connectivity index (χ3v) is 7.54. The summed E-state index contributed by atoms with van der Waals surface area (Å²) in [5.41, 5.74) is 0.817. The first-order valence-corrected chi connectivity index (χ1v) is 13.8. The highest BCUT2D eigenvalue weighted by molar-refractivity contribution is 7.91. The molecule has 0 atom stereocenters. The summed E-state index contributed by atoms with van der Waals surface area (Å²) in [7, 11) is -0.828. The Labute approximate surface area is 237 Å². The summed E-state index contributed by atoms with van der Waals surface area (Å²) >= 11 is 0.